The second-order valence-electron chi connectivity index (χ2n) is 13.6. The zero-order valence-electron chi connectivity index (χ0n) is 32.4. The Balaban J connectivity index is 4.13. The molecule has 0 saturated heterocycles. The molecule has 0 spiro atoms. The molecule has 0 bridgehead atoms. The van der Waals surface area contributed by atoms with Crippen LogP contribution >= 0.6 is 7.82 Å². The molecule has 0 aliphatic rings. The summed E-state index contributed by atoms with van der Waals surface area (Å²) in [6, 6.07) is 0. The van der Waals surface area contributed by atoms with Crippen LogP contribution in [-0.4, -0.2) is 43.3 Å². The Morgan fingerprint density at radius 1 is 0.620 bits per heavy atom. The zero-order valence-corrected chi connectivity index (χ0v) is 33.3. The van der Waals surface area contributed by atoms with Crippen LogP contribution in [0.15, 0.2) is 36.6 Å². The van der Waals surface area contributed by atoms with E-state index in [9.17, 15) is 14.3 Å². The molecule has 0 aromatic heterocycles. The van der Waals surface area contributed by atoms with Crippen molar-refractivity contribution in [1.29, 1.82) is 0 Å². The van der Waals surface area contributed by atoms with Gasteiger partial charge in [0.25, 0.3) is 0 Å². The van der Waals surface area contributed by atoms with Gasteiger partial charge in [-0.15, -0.1) is 0 Å². The molecule has 2 atom stereocenters. The minimum absolute atomic E-state index is 0.0278. The molecule has 9 heteroatoms. The lowest BCUT2D eigenvalue weighted by Crippen LogP contribution is -2.27. The standard InChI is InChI=1S/C41H78NO7P/c1-3-5-7-9-11-13-15-17-19-21-23-25-27-29-31-33-36-46-38-40(39-48-50(44,45)47-37-35-42)49-41(43)34-32-30-28-26-24-22-20-18-16-14-12-10-8-6-4-2/h12,14,18,20,33,36,40H,3-11,13,15-17,19,21-32,34-35,37-39,42H2,1-2H3,(H,44,45). The van der Waals surface area contributed by atoms with Gasteiger partial charge in [0.1, 0.15) is 6.61 Å². The van der Waals surface area contributed by atoms with Crippen molar-refractivity contribution in [2.24, 2.45) is 5.73 Å². The quantitative estimate of drug-likeness (QED) is 0.0211. The van der Waals surface area contributed by atoms with Crippen LogP contribution < -0.4 is 5.73 Å². The number of phosphoric ester groups is 1. The van der Waals surface area contributed by atoms with Crippen LogP contribution in [0.5, 0.6) is 0 Å². The van der Waals surface area contributed by atoms with Crippen LogP contribution in [-0.2, 0) is 27.9 Å². The highest BCUT2D eigenvalue weighted by Gasteiger charge is 2.25. The summed E-state index contributed by atoms with van der Waals surface area (Å²) in [6.45, 7) is 4.20. The summed E-state index contributed by atoms with van der Waals surface area (Å²) in [6.07, 6.45) is 43.9. The Morgan fingerprint density at radius 3 is 1.62 bits per heavy atom. The number of hydrogen-bond donors (Lipinski definition) is 2. The Bertz CT molecular complexity index is 864. The van der Waals surface area contributed by atoms with Crippen molar-refractivity contribution < 1.29 is 32.8 Å². The first-order valence-corrected chi connectivity index (χ1v) is 22.0. The first-order chi connectivity index (χ1) is 24.4. The smallest absolute Gasteiger partial charge is 0.472 e. The van der Waals surface area contributed by atoms with Gasteiger partial charge in [0, 0.05) is 13.0 Å². The number of phosphoric acid groups is 1. The average Bonchev–Trinajstić information content (AvgIpc) is 3.10. The van der Waals surface area contributed by atoms with Gasteiger partial charge in [-0.2, -0.15) is 0 Å². The number of esters is 1. The van der Waals surface area contributed by atoms with E-state index in [4.69, 9.17) is 24.3 Å². The number of allylic oxidation sites excluding steroid dienone is 5. The van der Waals surface area contributed by atoms with Gasteiger partial charge < -0.3 is 20.1 Å². The van der Waals surface area contributed by atoms with Gasteiger partial charge in [0.2, 0.25) is 0 Å². The highest BCUT2D eigenvalue weighted by molar-refractivity contribution is 7.47. The van der Waals surface area contributed by atoms with E-state index in [0.717, 1.165) is 57.8 Å². The van der Waals surface area contributed by atoms with Crippen molar-refractivity contribution in [3.05, 3.63) is 36.6 Å². The number of carbonyl (C=O) groups excluding carboxylic acids is 1. The van der Waals surface area contributed by atoms with Crippen LogP contribution in [0, 0.1) is 0 Å². The molecule has 8 nitrogen and oxygen atoms in total. The number of rotatable bonds is 39. The van der Waals surface area contributed by atoms with E-state index >= 15 is 0 Å². The van der Waals surface area contributed by atoms with E-state index < -0.39 is 13.9 Å². The van der Waals surface area contributed by atoms with E-state index in [0.29, 0.717) is 0 Å². The predicted octanol–water partition coefficient (Wildman–Crippen LogP) is 12.2. The Morgan fingerprint density at radius 2 is 1.08 bits per heavy atom. The maximum atomic E-state index is 12.5. The van der Waals surface area contributed by atoms with Crippen LogP contribution in [0.3, 0.4) is 0 Å². The van der Waals surface area contributed by atoms with Gasteiger partial charge in [0.15, 0.2) is 6.10 Å². The van der Waals surface area contributed by atoms with Gasteiger partial charge in [-0.3, -0.25) is 13.8 Å². The summed E-state index contributed by atoms with van der Waals surface area (Å²) < 4.78 is 33.1. The van der Waals surface area contributed by atoms with Crippen LogP contribution in [0.25, 0.3) is 0 Å². The molecule has 2 unspecified atom stereocenters. The molecular weight excluding hydrogens is 649 g/mol. The van der Waals surface area contributed by atoms with E-state index in [2.05, 4.69) is 38.2 Å². The molecular formula is C41H78NO7P. The van der Waals surface area contributed by atoms with E-state index in [1.54, 1.807) is 6.26 Å². The van der Waals surface area contributed by atoms with E-state index in [1.165, 1.54) is 109 Å². The average molecular weight is 728 g/mol. The molecule has 0 heterocycles. The van der Waals surface area contributed by atoms with Gasteiger partial charge in [-0.05, 0) is 57.4 Å². The second-order valence-corrected chi connectivity index (χ2v) is 15.0. The lowest BCUT2D eigenvalue weighted by molar-refractivity contribution is -0.153. The first-order valence-electron chi connectivity index (χ1n) is 20.5. The highest BCUT2D eigenvalue weighted by Crippen LogP contribution is 2.43. The normalized spacial score (nSPS) is 13.8. The molecule has 0 aliphatic carbocycles. The summed E-state index contributed by atoms with van der Waals surface area (Å²) >= 11 is 0. The Hall–Kier alpha value is -1.44. The van der Waals surface area contributed by atoms with Crippen LogP contribution in [0.2, 0.25) is 0 Å². The zero-order chi connectivity index (χ0) is 36.6. The number of unbranched alkanes of at least 4 members (excludes halogenated alkanes) is 22. The molecule has 50 heavy (non-hydrogen) atoms. The van der Waals surface area contributed by atoms with Gasteiger partial charge >= 0.3 is 13.8 Å². The maximum Gasteiger partial charge on any atom is 0.472 e. The molecule has 294 valence electrons. The molecule has 0 aromatic carbocycles. The fourth-order valence-corrected chi connectivity index (χ4v) is 6.35. The fourth-order valence-electron chi connectivity index (χ4n) is 5.58. The van der Waals surface area contributed by atoms with Gasteiger partial charge in [-0.1, -0.05) is 154 Å². The molecule has 0 aromatic rings. The molecule has 0 fully saturated rings. The van der Waals surface area contributed by atoms with Gasteiger partial charge in [-0.25, -0.2) is 4.57 Å². The van der Waals surface area contributed by atoms with Crippen molar-refractivity contribution in [2.45, 2.75) is 193 Å². The third-order valence-corrected chi connectivity index (χ3v) is 9.61. The number of ether oxygens (including phenoxy) is 2. The molecule has 0 radical (unpaired) electrons. The largest absolute Gasteiger partial charge is 0.498 e. The van der Waals surface area contributed by atoms with Crippen molar-refractivity contribution in [3.8, 4) is 0 Å². The monoisotopic (exact) mass is 728 g/mol. The second kappa shape index (κ2) is 38.8. The Labute approximate surface area is 308 Å². The van der Waals surface area contributed by atoms with E-state index in [1.807, 2.05) is 6.08 Å². The third kappa shape index (κ3) is 37.8. The SMILES string of the molecule is CCCCCC=CCC=CCCCCCCCC(=O)OC(COC=CCCCCCCCCCCCCCCCC)COP(=O)(O)OCCN. The van der Waals surface area contributed by atoms with Crippen LogP contribution in [0.4, 0.5) is 0 Å². The molecule has 0 saturated carbocycles. The van der Waals surface area contributed by atoms with Crippen molar-refractivity contribution in [1.82, 2.24) is 0 Å². The molecule has 0 rings (SSSR count). The summed E-state index contributed by atoms with van der Waals surface area (Å²) in [7, 11) is -4.29. The number of hydrogen-bond acceptors (Lipinski definition) is 7. The van der Waals surface area contributed by atoms with Crippen molar-refractivity contribution in [2.75, 3.05) is 26.4 Å². The number of nitrogens with two attached hydrogens (primary N) is 1. The fraction of sp³-hybridized carbons (Fsp3) is 0.829. The highest BCUT2D eigenvalue weighted by atomic mass is 31.2. The first kappa shape index (κ1) is 48.6. The minimum Gasteiger partial charge on any atom is -0.498 e. The van der Waals surface area contributed by atoms with Crippen molar-refractivity contribution >= 4 is 13.8 Å². The maximum absolute atomic E-state index is 12.5. The summed E-state index contributed by atoms with van der Waals surface area (Å²) in [5.41, 5.74) is 5.35. The summed E-state index contributed by atoms with van der Waals surface area (Å²) in [5, 5.41) is 0. The molecule has 3 N–H and O–H groups in total. The van der Waals surface area contributed by atoms with Gasteiger partial charge in [0.05, 0.1) is 19.5 Å². The number of carbonyl (C=O) groups is 1. The summed E-state index contributed by atoms with van der Waals surface area (Å²) in [4.78, 5) is 22.4. The minimum atomic E-state index is -4.29. The lowest BCUT2D eigenvalue weighted by Gasteiger charge is -2.19. The lowest BCUT2D eigenvalue weighted by atomic mass is 10.0. The predicted molar refractivity (Wildman–Crippen MR) is 210 cm³/mol. The van der Waals surface area contributed by atoms with Crippen molar-refractivity contribution in [3.63, 3.8) is 0 Å². The summed E-state index contributed by atoms with van der Waals surface area (Å²) in [5.74, 6) is -0.366. The third-order valence-electron chi connectivity index (χ3n) is 8.62. The topological polar surface area (TPSA) is 117 Å². The van der Waals surface area contributed by atoms with E-state index in [-0.39, 0.29) is 38.8 Å². The molecule has 0 amide bonds. The molecule has 0 aliphatic heterocycles. The Kier molecular flexibility index (Phi) is 37.7. The van der Waals surface area contributed by atoms with Crippen LogP contribution in [0.1, 0.15) is 187 Å².